The second-order valence-corrected chi connectivity index (χ2v) is 7.21. The third kappa shape index (κ3) is 2.73. The number of benzene rings is 2. The fraction of sp³-hybridized carbons (Fsp3) is 0.133. The lowest BCUT2D eigenvalue weighted by Crippen LogP contribution is -2.03. The smallest absolute Gasteiger partial charge is 0.228 e. The normalized spacial score (nSPS) is 14.8. The van der Waals surface area contributed by atoms with Crippen LogP contribution in [0, 0.1) is 3.57 Å². The predicted molar refractivity (Wildman–Crippen MR) is 93.3 cm³/mol. The third-order valence-corrected chi connectivity index (χ3v) is 5.16. The van der Waals surface area contributed by atoms with Crippen molar-refractivity contribution in [2.45, 2.75) is 11.8 Å². The summed E-state index contributed by atoms with van der Waals surface area (Å²) in [5.74, 6) is 0.0405. The first-order valence-corrected chi connectivity index (χ1v) is 8.37. The Balaban J connectivity index is 1.99. The molecular formula is C15H10BrClINO. The van der Waals surface area contributed by atoms with Gasteiger partial charge in [-0.05, 0) is 63.5 Å². The van der Waals surface area contributed by atoms with Gasteiger partial charge in [-0.3, -0.25) is 4.79 Å². The van der Waals surface area contributed by atoms with Crippen molar-refractivity contribution in [3.8, 4) is 0 Å². The van der Waals surface area contributed by atoms with E-state index in [9.17, 15) is 4.79 Å². The summed E-state index contributed by atoms with van der Waals surface area (Å²) in [7, 11) is 0. The monoisotopic (exact) mass is 461 g/mol. The molecule has 0 saturated heterocycles. The Hall–Kier alpha value is -0.590. The molecule has 0 fully saturated rings. The summed E-state index contributed by atoms with van der Waals surface area (Å²) >= 11 is 12.4. The lowest BCUT2D eigenvalue weighted by Gasteiger charge is -2.14. The van der Waals surface area contributed by atoms with Gasteiger partial charge in [-0.1, -0.05) is 28.1 Å². The molecule has 1 amide bonds. The van der Waals surface area contributed by atoms with Crippen LogP contribution < -0.4 is 5.32 Å². The van der Waals surface area contributed by atoms with Crippen LogP contribution in [0.4, 0.5) is 5.69 Å². The third-order valence-electron chi connectivity index (χ3n) is 3.28. The molecule has 2 aromatic carbocycles. The number of alkyl halides is 1. The van der Waals surface area contributed by atoms with E-state index in [0.717, 1.165) is 30.4 Å². The van der Waals surface area contributed by atoms with Crippen LogP contribution in [-0.2, 0) is 11.2 Å². The van der Waals surface area contributed by atoms with Crippen LogP contribution in [0.15, 0.2) is 40.9 Å². The number of anilines is 1. The van der Waals surface area contributed by atoms with Gasteiger partial charge in [-0.15, -0.1) is 11.6 Å². The first-order chi connectivity index (χ1) is 9.54. The standard InChI is InChI=1S/C15H10BrClINO/c16-12-3-2-10(18)7-11(12)15(17)8-1-4-13-9(5-8)6-14(20)19-13/h1-5,7,15H,6H2,(H,19,20). The molecule has 0 aliphatic carbocycles. The lowest BCUT2D eigenvalue weighted by atomic mass is 10.0. The number of halogens is 3. The summed E-state index contributed by atoms with van der Waals surface area (Å²) in [6.07, 6.45) is 0.431. The zero-order chi connectivity index (χ0) is 14.3. The van der Waals surface area contributed by atoms with Gasteiger partial charge in [0.2, 0.25) is 5.91 Å². The molecule has 2 nitrogen and oxygen atoms in total. The van der Waals surface area contributed by atoms with E-state index in [2.05, 4.69) is 49.9 Å². The molecule has 20 heavy (non-hydrogen) atoms. The maximum Gasteiger partial charge on any atom is 0.228 e. The Morgan fingerprint density at radius 2 is 2.05 bits per heavy atom. The van der Waals surface area contributed by atoms with E-state index in [1.165, 1.54) is 0 Å². The molecule has 3 rings (SSSR count). The van der Waals surface area contributed by atoms with Crippen molar-refractivity contribution in [3.05, 3.63) is 61.1 Å². The molecule has 5 heteroatoms. The highest BCUT2D eigenvalue weighted by Crippen LogP contribution is 2.36. The summed E-state index contributed by atoms with van der Waals surface area (Å²) in [6, 6.07) is 12.0. The molecule has 1 unspecified atom stereocenters. The molecule has 1 atom stereocenters. The highest BCUT2D eigenvalue weighted by Gasteiger charge is 2.21. The van der Waals surface area contributed by atoms with Crippen LogP contribution in [0.3, 0.4) is 0 Å². The molecule has 0 saturated carbocycles. The number of hydrogen-bond acceptors (Lipinski definition) is 1. The Kier molecular flexibility index (Phi) is 4.06. The topological polar surface area (TPSA) is 29.1 Å². The van der Waals surface area contributed by atoms with E-state index in [1.807, 2.05) is 30.3 Å². The minimum atomic E-state index is -0.236. The molecule has 0 radical (unpaired) electrons. The van der Waals surface area contributed by atoms with Gasteiger partial charge < -0.3 is 5.32 Å². The molecule has 1 heterocycles. The van der Waals surface area contributed by atoms with Crippen LogP contribution in [-0.4, -0.2) is 5.91 Å². The number of carbonyl (C=O) groups excluding carboxylic acids is 1. The van der Waals surface area contributed by atoms with Gasteiger partial charge in [0.05, 0.1) is 11.8 Å². The van der Waals surface area contributed by atoms with E-state index in [4.69, 9.17) is 11.6 Å². The molecule has 0 bridgehead atoms. The van der Waals surface area contributed by atoms with E-state index in [1.54, 1.807) is 0 Å². The fourth-order valence-electron chi connectivity index (χ4n) is 2.30. The SMILES string of the molecule is O=C1Cc2cc(C(Cl)c3cc(I)ccc3Br)ccc2N1. The minimum Gasteiger partial charge on any atom is -0.326 e. The first kappa shape index (κ1) is 14.4. The van der Waals surface area contributed by atoms with E-state index < -0.39 is 0 Å². The highest BCUT2D eigenvalue weighted by atomic mass is 127. The molecule has 0 spiro atoms. The van der Waals surface area contributed by atoms with Gasteiger partial charge in [-0.25, -0.2) is 0 Å². The number of amides is 1. The number of nitrogens with one attached hydrogen (secondary N) is 1. The van der Waals surface area contributed by atoms with Crippen LogP contribution in [0.2, 0.25) is 0 Å². The summed E-state index contributed by atoms with van der Waals surface area (Å²) in [6.45, 7) is 0. The van der Waals surface area contributed by atoms with Gasteiger partial charge in [0.25, 0.3) is 0 Å². The maximum atomic E-state index is 11.4. The Morgan fingerprint density at radius 1 is 1.25 bits per heavy atom. The summed E-state index contributed by atoms with van der Waals surface area (Å²) < 4.78 is 2.14. The molecule has 1 N–H and O–H groups in total. The molecule has 1 aliphatic rings. The zero-order valence-corrected chi connectivity index (χ0v) is 14.8. The minimum absolute atomic E-state index is 0.0405. The van der Waals surface area contributed by atoms with Crippen molar-refractivity contribution in [2.24, 2.45) is 0 Å². The molecule has 0 aromatic heterocycles. The molecule has 102 valence electrons. The van der Waals surface area contributed by atoms with Crippen LogP contribution in [0.25, 0.3) is 0 Å². The maximum absolute atomic E-state index is 11.4. The zero-order valence-electron chi connectivity index (χ0n) is 10.3. The molecular weight excluding hydrogens is 452 g/mol. The van der Waals surface area contributed by atoms with Crippen LogP contribution in [0.5, 0.6) is 0 Å². The van der Waals surface area contributed by atoms with Crippen molar-refractivity contribution in [1.29, 1.82) is 0 Å². The Morgan fingerprint density at radius 3 is 2.85 bits per heavy atom. The lowest BCUT2D eigenvalue weighted by molar-refractivity contribution is -0.115. The van der Waals surface area contributed by atoms with Gasteiger partial charge in [0, 0.05) is 13.7 Å². The largest absolute Gasteiger partial charge is 0.326 e. The quantitative estimate of drug-likeness (QED) is 0.501. The first-order valence-electron chi connectivity index (χ1n) is 6.06. The number of hydrogen-bond donors (Lipinski definition) is 1. The average molecular weight is 463 g/mol. The molecule has 2 aromatic rings. The number of carbonyl (C=O) groups is 1. The van der Waals surface area contributed by atoms with Gasteiger partial charge in [0.15, 0.2) is 0 Å². The molecule has 1 aliphatic heterocycles. The average Bonchev–Trinajstić information content (AvgIpc) is 2.79. The number of fused-ring (bicyclic) bond motifs is 1. The summed E-state index contributed by atoms with van der Waals surface area (Å²) in [5.41, 5.74) is 3.95. The van der Waals surface area contributed by atoms with Gasteiger partial charge >= 0.3 is 0 Å². The highest BCUT2D eigenvalue weighted by molar-refractivity contribution is 14.1. The van der Waals surface area contributed by atoms with Crippen molar-refractivity contribution in [3.63, 3.8) is 0 Å². The second kappa shape index (κ2) is 5.66. The fourth-order valence-corrected chi connectivity index (χ4v) is 3.73. The van der Waals surface area contributed by atoms with Gasteiger partial charge in [-0.2, -0.15) is 0 Å². The summed E-state index contributed by atoms with van der Waals surface area (Å²) in [5, 5.41) is 2.60. The van der Waals surface area contributed by atoms with Crippen LogP contribution in [0.1, 0.15) is 22.1 Å². The van der Waals surface area contributed by atoms with E-state index in [0.29, 0.717) is 6.42 Å². The number of rotatable bonds is 2. The predicted octanol–water partition coefficient (Wildman–Crippen LogP) is 4.88. The Bertz CT molecular complexity index is 704. The van der Waals surface area contributed by atoms with E-state index >= 15 is 0 Å². The van der Waals surface area contributed by atoms with Crippen molar-refractivity contribution < 1.29 is 4.79 Å². The van der Waals surface area contributed by atoms with Gasteiger partial charge in [0.1, 0.15) is 0 Å². The van der Waals surface area contributed by atoms with E-state index in [-0.39, 0.29) is 11.3 Å². The summed E-state index contributed by atoms with van der Waals surface area (Å²) in [4.78, 5) is 11.4. The van der Waals surface area contributed by atoms with Crippen molar-refractivity contribution in [2.75, 3.05) is 5.32 Å². The van der Waals surface area contributed by atoms with Crippen molar-refractivity contribution >= 4 is 61.7 Å². The Labute approximate surface area is 144 Å². The van der Waals surface area contributed by atoms with Crippen molar-refractivity contribution in [1.82, 2.24) is 0 Å². The second-order valence-electron chi connectivity index (χ2n) is 4.67. The van der Waals surface area contributed by atoms with Crippen LogP contribution >= 0.6 is 50.1 Å².